The third-order valence-electron chi connectivity index (χ3n) is 5.07. The minimum atomic E-state index is -0.311. The van der Waals surface area contributed by atoms with E-state index >= 15 is 0 Å². The van der Waals surface area contributed by atoms with Gasteiger partial charge >= 0.3 is 0 Å². The van der Waals surface area contributed by atoms with Gasteiger partial charge in [-0.1, -0.05) is 41.4 Å². The number of methoxy groups -OCH3 is 1. The van der Waals surface area contributed by atoms with Gasteiger partial charge in [0.1, 0.15) is 17.5 Å². The summed E-state index contributed by atoms with van der Waals surface area (Å²) in [5.74, 6) is 0.126. The molecule has 2 aromatic carbocycles. The van der Waals surface area contributed by atoms with Crippen LogP contribution in [-0.2, 0) is 13.1 Å². The average molecular weight is 452 g/mol. The summed E-state index contributed by atoms with van der Waals surface area (Å²) in [7, 11) is 1.49. The molecule has 2 aromatic heterocycles. The molecular weight excluding hydrogens is 430 g/mol. The minimum Gasteiger partial charge on any atom is -0.496 e. The molecule has 0 unspecified atom stereocenters. The Hall–Kier alpha value is -3.65. The Kier molecular flexibility index (Phi) is 6.23. The van der Waals surface area contributed by atoms with E-state index < -0.39 is 0 Å². The van der Waals surface area contributed by atoms with E-state index in [-0.39, 0.29) is 11.5 Å². The fourth-order valence-corrected chi connectivity index (χ4v) is 3.68. The zero-order valence-electron chi connectivity index (χ0n) is 17.7. The van der Waals surface area contributed by atoms with Crippen LogP contribution in [0.15, 0.2) is 59.8 Å². The fraction of sp³-hybridized carbons (Fsp3) is 0.217. The standard InChI is InChI=1S/C23H22ClN5O3/c1-15-4-3-5-16(10-15)13-28-14-26-21-19(23(28)31)12-27-29(21)9-8-25-22(30)18-11-17(24)6-7-20(18)32-2/h3-7,10-12,14H,8-9,13H2,1-2H3,(H,25,30). The molecule has 2 heterocycles. The zero-order valence-corrected chi connectivity index (χ0v) is 18.5. The van der Waals surface area contributed by atoms with Crippen LogP contribution >= 0.6 is 11.6 Å². The SMILES string of the molecule is COc1ccc(Cl)cc1C(=O)NCCn1ncc2c(=O)n(Cc3cccc(C)c3)cnc21. The Bertz CT molecular complexity index is 1350. The number of carbonyl (C=O) groups excluding carboxylic acids is 1. The number of halogens is 1. The van der Waals surface area contributed by atoms with Crippen LogP contribution in [0.25, 0.3) is 11.0 Å². The number of fused-ring (bicyclic) bond motifs is 1. The number of hydrogen-bond acceptors (Lipinski definition) is 5. The normalized spacial score (nSPS) is 11.0. The Labute approximate surface area is 189 Å². The third kappa shape index (κ3) is 4.50. The molecule has 4 rings (SSSR count). The molecule has 32 heavy (non-hydrogen) atoms. The number of aromatic nitrogens is 4. The number of carbonyl (C=O) groups is 1. The summed E-state index contributed by atoms with van der Waals surface area (Å²) in [6.07, 6.45) is 3.04. The second-order valence-electron chi connectivity index (χ2n) is 7.37. The lowest BCUT2D eigenvalue weighted by molar-refractivity contribution is 0.0949. The van der Waals surface area contributed by atoms with Crippen molar-refractivity contribution in [3.8, 4) is 5.75 Å². The van der Waals surface area contributed by atoms with Gasteiger partial charge < -0.3 is 10.1 Å². The quantitative estimate of drug-likeness (QED) is 0.466. The molecule has 1 amide bonds. The molecular formula is C23H22ClN5O3. The van der Waals surface area contributed by atoms with Crippen molar-refractivity contribution in [1.82, 2.24) is 24.6 Å². The second kappa shape index (κ2) is 9.23. The molecule has 4 aromatic rings. The van der Waals surface area contributed by atoms with Crippen molar-refractivity contribution in [2.45, 2.75) is 20.0 Å². The molecule has 0 bridgehead atoms. The van der Waals surface area contributed by atoms with Crippen molar-refractivity contribution in [1.29, 1.82) is 0 Å². The molecule has 164 valence electrons. The van der Waals surface area contributed by atoms with Crippen molar-refractivity contribution >= 4 is 28.5 Å². The highest BCUT2D eigenvalue weighted by Gasteiger charge is 2.14. The van der Waals surface area contributed by atoms with Crippen LogP contribution in [-0.4, -0.2) is 38.9 Å². The second-order valence-corrected chi connectivity index (χ2v) is 7.81. The first-order chi connectivity index (χ1) is 15.5. The summed E-state index contributed by atoms with van der Waals surface area (Å²) < 4.78 is 8.39. The largest absolute Gasteiger partial charge is 0.496 e. The van der Waals surface area contributed by atoms with Gasteiger partial charge in [0.2, 0.25) is 0 Å². The van der Waals surface area contributed by atoms with Crippen LogP contribution in [0.4, 0.5) is 0 Å². The van der Waals surface area contributed by atoms with Gasteiger partial charge in [-0.15, -0.1) is 0 Å². The van der Waals surface area contributed by atoms with Gasteiger partial charge in [0, 0.05) is 11.6 Å². The number of aryl methyl sites for hydroxylation is 1. The predicted octanol–water partition coefficient (Wildman–Crippen LogP) is 3.04. The summed E-state index contributed by atoms with van der Waals surface area (Å²) in [6, 6.07) is 12.8. The fourth-order valence-electron chi connectivity index (χ4n) is 3.51. The number of hydrogen-bond donors (Lipinski definition) is 1. The van der Waals surface area contributed by atoms with Crippen molar-refractivity contribution in [3.05, 3.63) is 87.1 Å². The van der Waals surface area contributed by atoms with Gasteiger partial charge in [0.15, 0.2) is 5.65 Å². The van der Waals surface area contributed by atoms with Crippen LogP contribution in [0.1, 0.15) is 21.5 Å². The Balaban J connectivity index is 1.47. The maximum atomic E-state index is 12.9. The minimum absolute atomic E-state index is 0.157. The van der Waals surface area contributed by atoms with E-state index in [1.54, 1.807) is 27.4 Å². The Morgan fingerprint density at radius 2 is 2.06 bits per heavy atom. The highest BCUT2D eigenvalue weighted by Crippen LogP contribution is 2.22. The van der Waals surface area contributed by atoms with Crippen molar-refractivity contribution < 1.29 is 9.53 Å². The van der Waals surface area contributed by atoms with Crippen molar-refractivity contribution in [2.24, 2.45) is 0 Å². The van der Waals surface area contributed by atoms with E-state index in [0.29, 0.717) is 47.0 Å². The van der Waals surface area contributed by atoms with E-state index in [4.69, 9.17) is 16.3 Å². The first-order valence-corrected chi connectivity index (χ1v) is 10.4. The summed E-state index contributed by atoms with van der Waals surface area (Å²) >= 11 is 6.00. The van der Waals surface area contributed by atoms with Gasteiger partial charge in [0.05, 0.1) is 32.0 Å². The first-order valence-electron chi connectivity index (χ1n) is 10.0. The lowest BCUT2D eigenvalue weighted by atomic mass is 10.1. The molecule has 1 N–H and O–H groups in total. The molecule has 8 nitrogen and oxygen atoms in total. The zero-order chi connectivity index (χ0) is 22.7. The lowest BCUT2D eigenvalue weighted by Gasteiger charge is -2.10. The lowest BCUT2D eigenvalue weighted by Crippen LogP contribution is -2.28. The van der Waals surface area contributed by atoms with Gasteiger partial charge in [-0.25, -0.2) is 9.67 Å². The monoisotopic (exact) mass is 451 g/mol. The van der Waals surface area contributed by atoms with Crippen LogP contribution in [0.2, 0.25) is 5.02 Å². The average Bonchev–Trinajstić information content (AvgIpc) is 3.19. The van der Waals surface area contributed by atoms with Crippen LogP contribution in [0.3, 0.4) is 0 Å². The summed E-state index contributed by atoms with van der Waals surface area (Å²) in [4.78, 5) is 29.8. The van der Waals surface area contributed by atoms with Gasteiger partial charge in [-0.2, -0.15) is 5.10 Å². The molecule has 0 saturated heterocycles. The maximum absolute atomic E-state index is 12.9. The summed E-state index contributed by atoms with van der Waals surface area (Å²) in [5.41, 5.74) is 2.83. The van der Waals surface area contributed by atoms with Gasteiger partial charge in [-0.05, 0) is 30.7 Å². The van der Waals surface area contributed by atoms with E-state index in [1.165, 1.54) is 19.6 Å². The molecule has 0 spiro atoms. The molecule has 9 heteroatoms. The van der Waals surface area contributed by atoms with Gasteiger partial charge in [-0.3, -0.25) is 14.2 Å². The molecule has 0 atom stereocenters. The highest BCUT2D eigenvalue weighted by molar-refractivity contribution is 6.31. The van der Waals surface area contributed by atoms with Crippen molar-refractivity contribution in [3.63, 3.8) is 0 Å². The van der Waals surface area contributed by atoms with Crippen LogP contribution in [0.5, 0.6) is 5.75 Å². The van der Waals surface area contributed by atoms with Crippen molar-refractivity contribution in [2.75, 3.05) is 13.7 Å². The number of nitrogens with one attached hydrogen (secondary N) is 1. The van der Waals surface area contributed by atoms with Crippen LogP contribution in [0, 0.1) is 6.92 Å². The molecule has 0 radical (unpaired) electrons. The van der Waals surface area contributed by atoms with Gasteiger partial charge in [0.25, 0.3) is 11.5 Å². The topological polar surface area (TPSA) is 91.0 Å². The van der Waals surface area contributed by atoms with E-state index in [9.17, 15) is 9.59 Å². The number of nitrogens with zero attached hydrogens (tertiary/aromatic N) is 4. The number of rotatable bonds is 7. The summed E-state index contributed by atoms with van der Waals surface area (Å²) in [6.45, 7) is 3.09. The molecule has 0 saturated carbocycles. The summed E-state index contributed by atoms with van der Waals surface area (Å²) in [5, 5.41) is 7.98. The number of benzene rings is 2. The molecule has 0 aliphatic heterocycles. The molecule has 0 aliphatic carbocycles. The Morgan fingerprint density at radius 1 is 1.22 bits per heavy atom. The first kappa shape index (κ1) is 21.6. The number of ether oxygens (including phenoxy) is 1. The van der Waals surface area contributed by atoms with E-state index in [2.05, 4.69) is 15.4 Å². The smallest absolute Gasteiger partial charge is 0.264 e. The Morgan fingerprint density at radius 3 is 2.84 bits per heavy atom. The van der Waals surface area contributed by atoms with E-state index in [0.717, 1.165) is 11.1 Å². The third-order valence-corrected chi connectivity index (χ3v) is 5.31. The maximum Gasteiger partial charge on any atom is 0.264 e. The highest BCUT2D eigenvalue weighted by atomic mass is 35.5. The van der Waals surface area contributed by atoms with E-state index in [1.807, 2.05) is 31.2 Å². The molecule has 0 aliphatic rings. The van der Waals surface area contributed by atoms with Crippen LogP contribution < -0.4 is 15.6 Å². The number of amides is 1. The molecule has 0 fully saturated rings. The predicted molar refractivity (Wildman–Crippen MR) is 122 cm³/mol.